The van der Waals surface area contributed by atoms with Gasteiger partial charge in [-0.25, -0.2) is 4.98 Å². The molecule has 0 amide bonds. The van der Waals surface area contributed by atoms with Crippen LogP contribution in [0.4, 0.5) is 30.4 Å². The molecule has 1 aromatic heterocycles. The fraction of sp³-hybridized carbons (Fsp3) is 0.412. The maximum atomic E-state index is 13.1. The van der Waals surface area contributed by atoms with Gasteiger partial charge in [0.2, 0.25) is 5.88 Å². The fourth-order valence-electron chi connectivity index (χ4n) is 2.88. The lowest BCUT2D eigenvalue weighted by molar-refractivity contribution is -0.136. The largest absolute Gasteiger partial charge is 0.473 e. The van der Waals surface area contributed by atoms with E-state index in [0.717, 1.165) is 31.7 Å². The quantitative estimate of drug-likeness (QED) is 0.845. The minimum atomic E-state index is -4.48. The normalized spacial score (nSPS) is 15.8. The highest BCUT2D eigenvalue weighted by Crippen LogP contribution is 2.37. The number of ether oxygens (including phenoxy) is 1. The molecule has 1 aliphatic carbocycles. The number of anilines is 3. The van der Waals surface area contributed by atoms with E-state index in [1.54, 1.807) is 0 Å². The first-order chi connectivity index (χ1) is 11.9. The summed E-state index contributed by atoms with van der Waals surface area (Å²) in [7, 11) is 0. The summed E-state index contributed by atoms with van der Waals surface area (Å²) in [6.07, 6.45) is 1.97. The molecule has 0 saturated heterocycles. The third-order valence-electron chi connectivity index (χ3n) is 4.16. The Morgan fingerprint density at radius 1 is 1.08 bits per heavy atom. The molecule has 3 N–H and O–H groups in total. The Bertz CT molecular complexity index is 730. The summed E-state index contributed by atoms with van der Waals surface area (Å²) in [4.78, 5) is 7.98. The second kappa shape index (κ2) is 7.16. The van der Waals surface area contributed by atoms with E-state index in [0.29, 0.717) is 0 Å². The van der Waals surface area contributed by atoms with E-state index in [4.69, 9.17) is 10.5 Å². The summed E-state index contributed by atoms with van der Waals surface area (Å²) in [5.41, 5.74) is 5.21. The van der Waals surface area contributed by atoms with Crippen molar-refractivity contribution in [2.24, 2.45) is 0 Å². The number of nitrogens with zero attached hydrogens (tertiary/aromatic N) is 2. The Morgan fingerprint density at radius 2 is 1.80 bits per heavy atom. The van der Waals surface area contributed by atoms with Gasteiger partial charge in [-0.1, -0.05) is 18.6 Å². The molecule has 0 aliphatic heterocycles. The van der Waals surface area contributed by atoms with Gasteiger partial charge in [0.15, 0.2) is 5.82 Å². The van der Waals surface area contributed by atoms with Crippen molar-refractivity contribution in [3.63, 3.8) is 0 Å². The highest BCUT2D eigenvalue weighted by Gasteiger charge is 2.33. The van der Waals surface area contributed by atoms with E-state index in [1.807, 2.05) is 0 Å². The molecule has 0 atom stereocenters. The first-order valence-electron chi connectivity index (χ1n) is 8.15. The van der Waals surface area contributed by atoms with E-state index in [9.17, 15) is 13.2 Å². The first-order valence-corrected chi connectivity index (χ1v) is 8.15. The predicted molar refractivity (Wildman–Crippen MR) is 88.7 cm³/mol. The van der Waals surface area contributed by atoms with Crippen LogP contribution in [0.15, 0.2) is 30.6 Å². The highest BCUT2D eigenvalue weighted by molar-refractivity contribution is 5.73. The molecule has 0 unspecified atom stereocenters. The zero-order chi connectivity index (χ0) is 17.9. The molecule has 0 radical (unpaired) electrons. The van der Waals surface area contributed by atoms with Crippen molar-refractivity contribution in [1.82, 2.24) is 9.97 Å². The van der Waals surface area contributed by atoms with Gasteiger partial charge >= 0.3 is 6.18 Å². The fourth-order valence-corrected chi connectivity index (χ4v) is 2.88. The Balaban J connectivity index is 1.83. The van der Waals surface area contributed by atoms with E-state index in [-0.39, 0.29) is 29.2 Å². The maximum absolute atomic E-state index is 13.1. The van der Waals surface area contributed by atoms with Crippen LogP contribution in [0.3, 0.4) is 0 Å². The second-order valence-corrected chi connectivity index (χ2v) is 5.99. The number of hydrogen-bond acceptors (Lipinski definition) is 5. The molecule has 25 heavy (non-hydrogen) atoms. The van der Waals surface area contributed by atoms with Crippen LogP contribution in [0.1, 0.15) is 37.7 Å². The van der Waals surface area contributed by atoms with Gasteiger partial charge in [0.05, 0.1) is 11.3 Å². The molecular formula is C17H19F3N4O. The lowest BCUT2D eigenvalue weighted by Gasteiger charge is -2.23. The summed E-state index contributed by atoms with van der Waals surface area (Å²) in [6, 6.07) is 5.16. The van der Waals surface area contributed by atoms with E-state index in [1.165, 1.54) is 30.9 Å². The van der Waals surface area contributed by atoms with Crippen molar-refractivity contribution >= 4 is 17.2 Å². The number of nitrogens with one attached hydrogen (secondary N) is 1. The van der Waals surface area contributed by atoms with E-state index >= 15 is 0 Å². The lowest BCUT2D eigenvalue weighted by Crippen LogP contribution is -2.21. The van der Waals surface area contributed by atoms with Crippen molar-refractivity contribution in [3.05, 3.63) is 36.2 Å². The summed E-state index contributed by atoms with van der Waals surface area (Å²) in [5, 5.41) is 2.65. The molecular weight excluding hydrogens is 333 g/mol. The van der Waals surface area contributed by atoms with Crippen LogP contribution < -0.4 is 15.8 Å². The van der Waals surface area contributed by atoms with Crippen molar-refractivity contribution in [3.8, 4) is 5.88 Å². The van der Waals surface area contributed by atoms with Crippen molar-refractivity contribution in [2.45, 2.75) is 44.4 Å². The molecule has 3 rings (SSSR count). The third-order valence-corrected chi connectivity index (χ3v) is 4.16. The SMILES string of the molecule is Nc1c(Nc2ccccc2C(F)(F)F)ncnc1OC1CCCCC1. The molecule has 1 fully saturated rings. The van der Waals surface area contributed by atoms with Gasteiger partial charge < -0.3 is 15.8 Å². The van der Waals surface area contributed by atoms with Crippen LogP contribution in [-0.4, -0.2) is 16.1 Å². The summed E-state index contributed by atoms with van der Waals surface area (Å²) >= 11 is 0. The molecule has 1 aromatic carbocycles. The van der Waals surface area contributed by atoms with Crippen LogP contribution in [0.25, 0.3) is 0 Å². The van der Waals surface area contributed by atoms with Crippen molar-refractivity contribution in [1.29, 1.82) is 0 Å². The van der Waals surface area contributed by atoms with Crippen LogP contribution in [0.2, 0.25) is 0 Å². The minimum absolute atomic E-state index is 0.0289. The summed E-state index contributed by atoms with van der Waals surface area (Å²) < 4.78 is 45.2. The van der Waals surface area contributed by atoms with Crippen LogP contribution in [0.5, 0.6) is 5.88 Å². The van der Waals surface area contributed by atoms with Crippen LogP contribution >= 0.6 is 0 Å². The topological polar surface area (TPSA) is 73.1 Å². The summed E-state index contributed by atoms with van der Waals surface area (Å²) in [5.74, 6) is 0.298. The zero-order valence-corrected chi connectivity index (χ0v) is 13.5. The van der Waals surface area contributed by atoms with Crippen LogP contribution in [-0.2, 0) is 6.18 Å². The Labute approximate surface area is 143 Å². The number of nitrogens with two attached hydrogens (primary N) is 1. The Kier molecular flexibility index (Phi) is 4.96. The molecule has 1 aliphatic rings. The van der Waals surface area contributed by atoms with Gasteiger partial charge in [-0.2, -0.15) is 18.2 Å². The standard InChI is InChI=1S/C17H19F3N4O/c18-17(19,20)12-8-4-5-9-13(12)24-15-14(21)16(23-10-22-15)25-11-6-2-1-3-7-11/h4-5,8-11H,1-3,6-7,21H2,(H,22,23,24). The van der Waals surface area contributed by atoms with E-state index < -0.39 is 11.7 Å². The third kappa shape index (κ3) is 4.12. The molecule has 1 heterocycles. The zero-order valence-electron chi connectivity index (χ0n) is 13.5. The number of nitrogen functional groups attached to an aromatic ring is 1. The number of para-hydroxylation sites is 1. The molecule has 0 spiro atoms. The molecule has 8 heteroatoms. The molecule has 0 bridgehead atoms. The smallest absolute Gasteiger partial charge is 0.418 e. The maximum Gasteiger partial charge on any atom is 0.418 e. The highest BCUT2D eigenvalue weighted by atomic mass is 19.4. The van der Waals surface area contributed by atoms with Gasteiger partial charge in [-0.05, 0) is 37.8 Å². The second-order valence-electron chi connectivity index (χ2n) is 5.99. The number of aromatic nitrogens is 2. The van der Waals surface area contributed by atoms with Gasteiger partial charge in [0.1, 0.15) is 18.1 Å². The number of hydrogen-bond donors (Lipinski definition) is 2. The Hall–Kier alpha value is -2.51. The predicted octanol–water partition coefficient (Wildman–Crippen LogP) is 4.53. The summed E-state index contributed by atoms with van der Waals surface area (Å²) in [6.45, 7) is 0. The first kappa shape index (κ1) is 17.3. The van der Waals surface area contributed by atoms with Gasteiger partial charge in [0.25, 0.3) is 0 Å². The van der Waals surface area contributed by atoms with Crippen LogP contribution in [0, 0.1) is 0 Å². The monoisotopic (exact) mass is 352 g/mol. The molecule has 134 valence electrons. The average Bonchev–Trinajstić information content (AvgIpc) is 2.59. The number of rotatable bonds is 4. The van der Waals surface area contributed by atoms with E-state index in [2.05, 4.69) is 15.3 Å². The van der Waals surface area contributed by atoms with Crippen molar-refractivity contribution < 1.29 is 17.9 Å². The van der Waals surface area contributed by atoms with Crippen molar-refractivity contribution in [2.75, 3.05) is 11.1 Å². The lowest BCUT2D eigenvalue weighted by atomic mass is 9.98. The number of benzene rings is 1. The molecule has 1 saturated carbocycles. The Morgan fingerprint density at radius 3 is 2.52 bits per heavy atom. The van der Waals surface area contributed by atoms with Gasteiger partial charge in [-0.15, -0.1) is 0 Å². The molecule has 2 aromatic rings. The number of halogens is 3. The molecule has 5 nitrogen and oxygen atoms in total. The van der Waals surface area contributed by atoms with Gasteiger partial charge in [-0.3, -0.25) is 0 Å². The number of alkyl halides is 3. The average molecular weight is 352 g/mol. The van der Waals surface area contributed by atoms with Gasteiger partial charge in [0, 0.05) is 0 Å². The minimum Gasteiger partial charge on any atom is -0.473 e.